The molecule has 100 valence electrons. The van der Waals surface area contributed by atoms with Crippen LogP contribution in [0.5, 0.6) is 0 Å². The molecule has 1 aromatic rings. The van der Waals surface area contributed by atoms with E-state index in [9.17, 15) is 8.42 Å². The van der Waals surface area contributed by atoms with Crippen LogP contribution in [0.2, 0.25) is 10.0 Å². The Morgan fingerprint density at radius 1 is 1.22 bits per heavy atom. The summed E-state index contributed by atoms with van der Waals surface area (Å²) in [6.07, 6.45) is 0. The van der Waals surface area contributed by atoms with Crippen molar-refractivity contribution in [2.75, 3.05) is 31.0 Å². The molecule has 2 rings (SSSR count). The van der Waals surface area contributed by atoms with E-state index in [-0.39, 0.29) is 5.02 Å². The van der Waals surface area contributed by atoms with E-state index >= 15 is 0 Å². The Kier molecular flexibility index (Phi) is 4.34. The molecule has 1 fully saturated rings. The van der Waals surface area contributed by atoms with Crippen LogP contribution in [0.3, 0.4) is 0 Å². The van der Waals surface area contributed by atoms with Crippen LogP contribution in [0.4, 0.5) is 5.69 Å². The molecular formula is C10H12Cl2N2O3S. The van der Waals surface area contributed by atoms with Crippen molar-refractivity contribution in [2.24, 2.45) is 0 Å². The summed E-state index contributed by atoms with van der Waals surface area (Å²) >= 11 is 11.7. The average molecular weight is 311 g/mol. The minimum absolute atomic E-state index is 0.263. The van der Waals surface area contributed by atoms with E-state index in [2.05, 4.69) is 4.72 Å². The number of nitrogens with one attached hydrogen (secondary N) is 1. The van der Waals surface area contributed by atoms with Gasteiger partial charge in [0.25, 0.3) is 0 Å². The minimum Gasteiger partial charge on any atom is -0.379 e. The lowest BCUT2D eigenvalue weighted by Gasteiger charge is -2.26. The van der Waals surface area contributed by atoms with E-state index in [1.165, 1.54) is 16.4 Å². The van der Waals surface area contributed by atoms with Gasteiger partial charge in [-0.25, -0.2) is 0 Å². The highest BCUT2D eigenvalue weighted by atomic mass is 35.5. The van der Waals surface area contributed by atoms with Crippen LogP contribution in [0.1, 0.15) is 0 Å². The molecule has 1 aromatic carbocycles. The third-order valence-electron chi connectivity index (χ3n) is 2.48. The number of nitrogens with zero attached hydrogens (tertiary/aromatic N) is 1. The molecule has 8 heteroatoms. The van der Waals surface area contributed by atoms with E-state index in [0.29, 0.717) is 37.0 Å². The zero-order valence-corrected chi connectivity index (χ0v) is 11.7. The third-order valence-corrected chi connectivity index (χ3v) is 4.55. The topological polar surface area (TPSA) is 58.6 Å². The summed E-state index contributed by atoms with van der Waals surface area (Å²) in [4.78, 5) is 0. The Bertz CT molecular complexity index is 530. The summed E-state index contributed by atoms with van der Waals surface area (Å²) in [5.74, 6) is 0. The van der Waals surface area contributed by atoms with E-state index in [1.54, 1.807) is 6.07 Å². The summed E-state index contributed by atoms with van der Waals surface area (Å²) in [6, 6.07) is 4.59. The number of morpholine rings is 1. The number of anilines is 1. The average Bonchev–Trinajstić information content (AvgIpc) is 2.34. The van der Waals surface area contributed by atoms with Gasteiger partial charge in [0.15, 0.2) is 0 Å². The number of halogens is 2. The quantitative estimate of drug-likeness (QED) is 0.928. The molecular weight excluding hydrogens is 299 g/mol. The smallest absolute Gasteiger partial charge is 0.301 e. The van der Waals surface area contributed by atoms with Gasteiger partial charge in [0.2, 0.25) is 0 Å². The second-order valence-corrected chi connectivity index (χ2v) is 6.26. The summed E-state index contributed by atoms with van der Waals surface area (Å²) in [6.45, 7) is 1.46. The van der Waals surface area contributed by atoms with Crippen molar-refractivity contribution in [3.8, 4) is 0 Å². The van der Waals surface area contributed by atoms with Crippen molar-refractivity contribution in [2.45, 2.75) is 0 Å². The van der Waals surface area contributed by atoms with Crippen LogP contribution in [0.25, 0.3) is 0 Å². The van der Waals surface area contributed by atoms with Crippen LogP contribution in [0, 0.1) is 0 Å². The van der Waals surface area contributed by atoms with Gasteiger partial charge in [-0.15, -0.1) is 0 Å². The van der Waals surface area contributed by atoms with Crippen LogP contribution in [-0.2, 0) is 14.9 Å². The third kappa shape index (κ3) is 3.27. The molecule has 0 radical (unpaired) electrons. The summed E-state index contributed by atoms with van der Waals surface area (Å²) in [5, 5.41) is 0.716. The van der Waals surface area contributed by atoms with Gasteiger partial charge >= 0.3 is 10.2 Å². The Morgan fingerprint density at radius 2 is 1.89 bits per heavy atom. The molecule has 0 aromatic heterocycles. The van der Waals surface area contributed by atoms with Gasteiger partial charge < -0.3 is 4.74 Å². The molecule has 0 amide bonds. The van der Waals surface area contributed by atoms with E-state index in [1.807, 2.05) is 0 Å². The Balaban J connectivity index is 2.16. The predicted octanol–water partition coefficient (Wildman–Crippen LogP) is 1.98. The number of benzene rings is 1. The lowest BCUT2D eigenvalue weighted by molar-refractivity contribution is 0.0733. The van der Waals surface area contributed by atoms with Gasteiger partial charge in [-0.3, -0.25) is 4.72 Å². The number of rotatable bonds is 3. The molecule has 5 nitrogen and oxygen atoms in total. The highest BCUT2D eigenvalue weighted by Gasteiger charge is 2.24. The lowest BCUT2D eigenvalue weighted by Crippen LogP contribution is -2.43. The molecule has 1 heterocycles. The van der Waals surface area contributed by atoms with Crippen molar-refractivity contribution in [3.63, 3.8) is 0 Å². The molecule has 0 saturated carbocycles. The van der Waals surface area contributed by atoms with Crippen molar-refractivity contribution < 1.29 is 13.2 Å². The SMILES string of the molecule is O=S(=O)(Nc1ccc(Cl)cc1Cl)N1CCOCC1. The van der Waals surface area contributed by atoms with Crippen molar-refractivity contribution in [1.29, 1.82) is 0 Å². The van der Waals surface area contributed by atoms with E-state index in [4.69, 9.17) is 27.9 Å². The van der Waals surface area contributed by atoms with Crippen LogP contribution in [0.15, 0.2) is 18.2 Å². The van der Waals surface area contributed by atoms with Crippen molar-refractivity contribution >= 4 is 39.1 Å². The molecule has 1 aliphatic rings. The van der Waals surface area contributed by atoms with Gasteiger partial charge in [0.05, 0.1) is 23.9 Å². The first-order valence-electron chi connectivity index (χ1n) is 5.30. The fourth-order valence-electron chi connectivity index (χ4n) is 1.56. The Labute approximate surface area is 116 Å². The first-order valence-corrected chi connectivity index (χ1v) is 7.49. The molecule has 0 atom stereocenters. The monoisotopic (exact) mass is 310 g/mol. The minimum atomic E-state index is -3.60. The first kappa shape index (κ1) is 13.9. The maximum atomic E-state index is 12.1. The highest BCUT2D eigenvalue weighted by molar-refractivity contribution is 7.90. The maximum Gasteiger partial charge on any atom is 0.301 e. The summed E-state index contributed by atoms with van der Waals surface area (Å²) < 4.78 is 33.0. The van der Waals surface area contributed by atoms with Gasteiger partial charge in [0, 0.05) is 18.1 Å². The normalized spacial score (nSPS) is 17.7. The zero-order chi connectivity index (χ0) is 13.2. The molecule has 1 saturated heterocycles. The molecule has 18 heavy (non-hydrogen) atoms. The molecule has 1 aliphatic heterocycles. The fraction of sp³-hybridized carbons (Fsp3) is 0.400. The molecule has 0 bridgehead atoms. The van der Waals surface area contributed by atoms with Crippen molar-refractivity contribution in [1.82, 2.24) is 4.31 Å². The molecule has 0 aliphatic carbocycles. The largest absolute Gasteiger partial charge is 0.379 e. The van der Waals surface area contributed by atoms with E-state index in [0.717, 1.165) is 0 Å². The number of hydrogen-bond donors (Lipinski definition) is 1. The molecule has 0 spiro atoms. The van der Waals surface area contributed by atoms with Gasteiger partial charge in [-0.05, 0) is 18.2 Å². The number of hydrogen-bond acceptors (Lipinski definition) is 3. The van der Waals surface area contributed by atoms with E-state index < -0.39 is 10.2 Å². The number of ether oxygens (including phenoxy) is 1. The summed E-state index contributed by atoms with van der Waals surface area (Å²) in [7, 11) is -3.60. The van der Waals surface area contributed by atoms with Crippen molar-refractivity contribution in [3.05, 3.63) is 28.2 Å². The van der Waals surface area contributed by atoms with Gasteiger partial charge in [-0.1, -0.05) is 23.2 Å². The van der Waals surface area contributed by atoms with Gasteiger partial charge in [0.1, 0.15) is 0 Å². The van der Waals surface area contributed by atoms with Gasteiger partial charge in [-0.2, -0.15) is 12.7 Å². The van der Waals surface area contributed by atoms with Crippen LogP contribution >= 0.6 is 23.2 Å². The van der Waals surface area contributed by atoms with Crippen LogP contribution < -0.4 is 4.72 Å². The van der Waals surface area contributed by atoms with Crippen LogP contribution in [-0.4, -0.2) is 39.0 Å². The molecule has 1 N–H and O–H groups in total. The first-order chi connectivity index (χ1) is 8.49. The Hall–Kier alpha value is -0.530. The Morgan fingerprint density at radius 3 is 2.50 bits per heavy atom. The molecule has 0 unspecified atom stereocenters. The lowest BCUT2D eigenvalue weighted by atomic mass is 10.3. The summed E-state index contributed by atoms with van der Waals surface area (Å²) in [5.41, 5.74) is 0.313. The fourth-order valence-corrected chi connectivity index (χ4v) is 3.29. The zero-order valence-electron chi connectivity index (χ0n) is 9.40. The standard InChI is InChI=1S/C10H12Cl2N2O3S/c11-8-1-2-10(9(12)7-8)13-18(15,16)14-3-5-17-6-4-14/h1-2,7,13H,3-6H2. The maximum absolute atomic E-state index is 12.1. The predicted molar refractivity (Wildman–Crippen MR) is 71.4 cm³/mol. The second-order valence-electron chi connectivity index (χ2n) is 3.74. The highest BCUT2D eigenvalue weighted by Crippen LogP contribution is 2.26. The second kappa shape index (κ2) is 5.63.